The van der Waals surface area contributed by atoms with Gasteiger partial charge in [-0.1, -0.05) is 164 Å². The predicted octanol–water partition coefficient (Wildman–Crippen LogP) is 13.2. The van der Waals surface area contributed by atoms with Crippen LogP contribution in [0.1, 0.15) is 16.7 Å². The number of hydrogen-bond donors (Lipinski definition) is 1. The molecule has 0 bridgehead atoms. The Balaban J connectivity index is 0.952. The number of hydrogen-bond acceptors (Lipinski definition) is 2. The van der Waals surface area contributed by atoms with Crippen molar-refractivity contribution < 1.29 is 4.42 Å². The Bertz CT molecular complexity index is 3140. The van der Waals surface area contributed by atoms with Gasteiger partial charge in [0.2, 0.25) is 0 Å². The summed E-state index contributed by atoms with van der Waals surface area (Å²) in [6, 6.07) is 69.7. The molecule has 9 aromatic carbocycles. The Morgan fingerprint density at radius 2 is 1.05 bits per heavy atom. The highest BCUT2D eigenvalue weighted by Gasteiger charge is 2.15. The van der Waals surface area contributed by atoms with Crippen LogP contribution in [0.5, 0.6) is 0 Å². The van der Waals surface area contributed by atoms with E-state index in [9.17, 15) is 0 Å². The molecule has 0 atom stereocenters. The van der Waals surface area contributed by atoms with E-state index in [2.05, 4.69) is 140 Å². The van der Waals surface area contributed by atoms with Crippen molar-refractivity contribution in [1.82, 2.24) is 0 Å². The first-order chi connectivity index (χ1) is 28.1. The molecule has 0 radical (unpaired) electrons. The van der Waals surface area contributed by atoms with Gasteiger partial charge >= 0.3 is 0 Å². The number of aliphatic imine (C=N–C) groups is 2. The molecule has 0 saturated carbocycles. The molecular formula is C53H37N3O. The number of furan rings is 1. The fourth-order valence-electron chi connectivity index (χ4n) is 7.76. The third-order valence-electron chi connectivity index (χ3n) is 10.8. The lowest BCUT2D eigenvalue weighted by molar-refractivity contribution is 0.669. The van der Waals surface area contributed by atoms with Crippen LogP contribution in [0, 0.1) is 0 Å². The summed E-state index contributed by atoms with van der Waals surface area (Å²) in [4.78, 5) is 9.86. The minimum atomic E-state index is 0.425. The third-order valence-corrected chi connectivity index (χ3v) is 10.8. The second-order valence-corrected chi connectivity index (χ2v) is 14.4. The van der Waals surface area contributed by atoms with Gasteiger partial charge in [-0.25, -0.2) is 4.99 Å². The van der Waals surface area contributed by atoms with E-state index in [0.29, 0.717) is 18.2 Å². The lowest BCUT2D eigenvalue weighted by atomic mass is 9.95. The van der Waals surface area contributed by atoms with Crippen molar-refractivity contribution in [3.8, 4) is 33.4 Å². The highest BCUT2D eigenvalue weighted by Crippen LogP contribution is 2.39. The van der Waals surface area contributed by atoms with E-state index in [-0.39, 0.29) is 0 Å². The van der Waals surface area contributed by atoms with Crippen LogP contribution in [0.4, 0.5) is 0 Å². The van der Waals surface area contributed by atoms with Gasteiger partial charge in [-0.15, -0.1) is 0 Å². The molecule has 0 spiro atoms. The normalized spacial score (nSPS) is 12.2. The second-order valence-electron chi connectivity index (χ2n) is 14.4. The Labute approximate surface area is 330 Å². The van der Waals surface area contributed by atoms with Crippen molar-refractivity contribution in [2.24, 2.45) is 15.7 Å². The predicted molar refractivity (Wildman–Crippen MR) is 239 cm³/mol. The molecule has 0 aliphatic carbocycles. The van der Waals surface area contributed by atoms with Gasteiger partial charge in [0.15, 0.2) is 5.84 Å². The maximum atomic E-state index is 6.60. The molecule has 0 saturated heterocycles. The van der Waals surface area contributed by atoms with Crippen LogP contribution in [0.15, 0.2) is 215 Å². The molecule has 2 N–H and O–H groups in total. The summed E-state index contributed by atoms with van der Waals surface area (Å²) in [5.74, 6) is 1.02. The van der Waals surface area contributed by atoms with Crippen molar-refractivity contribution in [3.05, 3.63) is 217 Å². The van der Waals surface area contributed by atoms with Crippen molar-refractivity contribution in [1.29, 1.82) is 0 Å². The molecule has 4 nitrogen and oxygen atoms in total. The summed E-state index contributed by atoms with van der Waals surface area (Å²) in [7, 11) is 0. The smallest absolute Gasteiger partial charge is 0.157 e. The summed E-state index contributed by atoms with van der Waals surface area (Å²) in [6.45, 7) is 0.464. The Morgan fingerprint density at radius 3 is 1.89 bits per heavy atom. The van der Waals surface area contributed by atoms with Crippen LogP contribution in [0.2, 0.25) is 0 Å². The van der Waals surface area contributed by atoms with Crippen LogP contribution in [-0.2, 0) is 6.54 Å². The molecule has 0 aliphatic heterocycles. The lowest BCUT2D eigenvalue weighted by Crippen LogP contribution is -2.16. The minimum Gasteiger partial charge on any atom is -0.456 e. The van der Waals surface area contributed by atoms with E-state index >= 15 is 0 Å². The first kappa shape index (κ1) is 34.0. The average molecular weight is 732 g/mol. The molecule has 1 aromatic heterocycles. The van der Waals surface area contributed by atoms with Crippen molar-refractivity contribution in [3.63, 3.8) is 0 Å². The standard InChI is InChI=1S/C53H37N3O/c54-52(39-23-20-38(21-24-39)36-10-3-1-4-11-36)56-53(40-13-5-2-6-14-40)55-34-35-18-19-43-32-46(27-26-42(43)30-35)47-16-9-17-50-51(47)48-33-45(28-29-49(48)57-50)44-25-22-37-12-7-8-15-41(37)31-44/h1-33H,34H2,(H2,54,55,56). The zero-order chi connectivity index (χ0) is 38.1. The fraction of sp³-hybridized carbons (Fsp3) is 0.0189. The van der Waals surface area contributed by atoms with E-state index in [1.54, 1.807) is 0 Å². The van der Waals surface area contributed by atoms with Crippen LogP contribution < -0.4 is 5.73 Å². The highest BCUT2D eigenvalue weighted by molar-refractivity contribution is 6.14. The highest BCUT2D eigenvalue weighted by atomic mass is 16.3. The van der Waals surface area contributed by atoms with Gasteiger partial charge in [-0.2, -0.15) is 0 Å². The Morgan fingerprint density at radius 1 is 0.439 bits per heavy atom. The number of benzene rings is 9. The summed E-state index contributed by atoms with van der Waals surface area (Å²) in [5, 5.41) is 7.02. The summed E-state index contributed by atoms with van der Waals surface area (Å²) >= 11 is 0. The number of nitrogens with zero attached hydrogens (tertiary/aromatic N) is 2. The summed E-state index contributed by atoms with van der Waals surface area (Å²) in [6.07, 6.45) is 0. The molecule has 10 rings (SSSR count). The summed E-state index contributed by atoms with van der Waals surface area (Å²) < 4.78 is 6.40. The zero-order valence-corrected chi connectivity index (χ0v) is 31.1. The quantitative estimate of drug-likeness (QED) is 0.131. The van der Waals surface area contributed by atoms with Crippen LogP contribution in [0.3, 0.4) is 0 Å². The van der Waals surface area contributed by atoms with Crippen molar-refractivity contribution in [2.45, 2.75) is 6.54 Å². The minimum absolute atomic E-state index is 0.425. The topological polar surface area (TPSA) is 63.9 Å². The number of rotatable bonds is 7. The molecule has 57 heavy (non-hydrogen) atoms. The number of fused-ring (bicyclic) bond motifs is 5. The molecule has 0 amide bonds. The zero-order valence-electron chi connectivity index (χ0n) is 31.1. The lowest BCUT2D eigenvalue weighted by Gasteiger charge is -2.09. The molecule has 0 fully saturated rings. The van der Waals surface area contributed by atoms with Gasteiger partial charge < -0.3 is 10.2 Å². The maximum absolute atomic E-state index is 6.60. The van der Waals surface area contributed by atoms with E-state index in [4.69, 9.17) is 20.1 Å². The van der Waals surface area contributed by atoms with Gasteiger partial charge in [0.1, 0.15) is 17.0 Å². The fourth-order valence-corrected chi connectivity index (χ4v) is 7.76. The second kappa shape index (κ2) is 14.6. The largest absolute Gasteiger partial charge is 0.456 e. The first-order valence-corrected chi connectivity index (χ1v) is 19.2. The van der Waals surface area contributed by atoms with Gasteiger partial charge in [0.05, 0.1) is 6.54 Å². The molecule has 0 aliphatic rings. The van der Waals surface area contributed by atoms with Crippen LogP contribution in [-0.4, -0.2) is 11.7 Å². The molecular weight excluding hydrogens is 695 g/mol. The molecule has 1 heterocycles. The number of amidine groups is 2. The SMILES string of the molecule is NC(=NC(=NCc1ccc2cc(-c3cccc4oc5ccc(-c6ccc7ccccc7c6)cc5c34)ccc2c1)c1ccccc1)c1ccc(-c2ccccc2)cc1. The van der Waals surface area contributed by atoms with Crippen molar-refractivity contribution >= 4 is 55.2 Å². The third kappa shape index (κ3) is 6.75. The van der Waals surface area contributed by atoms with E-state index in [1.807, 2.05) is 60.7 Å². The Hall–Kier alpha value is -7.56. The first-order valence-electron chi connectivity index (χ1n) is 19.2. The molecule has 270 valence electrons. The average Bonchev–Trinajstić information content (AvgIpc) is 3.66. The maximum Gasteiger partial charge on any atom is 0.157 e. The molecule has 4 heteroatoms. The molecule has 10 aromatic rings. The van der Waals surface area contributed by atoms with Gasteiger partial charge in [-0.05, 0) is 96.9 Å². The van der Waals surface area contributed by atoms with E-state index in [0.717, 1.165) is 71.7 Å². The Kier molecular flexibility index (Phi) is 8.69. The van der Waals surface area contributed by atoms with Crippen molar-refractivity contribution in [2.75, 3.05) is 0 Å². The van der Waals surface area contributed by atoms with Crippen LogP contribution >= 0.6 is 0 Å². The van der Waals surface area contributed by atoms with E-state index in [1.165, 1.54) is 21.9 Å². The van der Waals surface area contributed by atoms with Crippen LogP contribution in [0.25, 0.3) is 76.9 Å². The van der Waals surface area contributed by atoms with Gasteiger partial charge in [0.25, 0.3) is 0 Å². The number of nitrogens with two attached hydrogens (primary N) is 1. The van der Waals surface area contributed by atoms with E-state index < -0.39 is 0 Å². The van der Waals surface area contributed by atoms with Gasteiger partial charge in [-0.3, -0.25) is 4.99 Å². The summed E-state index contributed by atoms with van der Waals surface area (Å²) in [5.41, 5.74) is 18.2. The molecule has 0 unspecified atom stereocenters. The monoisotopic (exact) mass is 731 g/mol. The van der Waals surface area contributed by atoms with Gasteiger partial charge in [0, 0.05) is 21.9 Å².